The van der Waals surface area contributed by atoms with Crippen LogP contribution < -0.4 is 5.43 Å². The van der Waals surface area contributed by atoms with E-state index in [4.69, 9.17) is 4.42 Å². The number of hydrogen-bond donors (Lipinski definition) is 2. The number of benzene rings is 1. The van der Waals surface area contributed by atoms with Gasteiger partial charge in [-0.05, 0) is 12.1 Å². The number of hydrogen-bond acceptors (Lipinski definition) is 4. The average Bonchev–Trinajstić information content (AvgIpc) is 3.20. The normalized spacial score (nSPS) is 10.9. The fourth-order valence-corrected chi connectivity index (χ4v) is 1.85. The number of carbonyl (C=O) groups is 1. The Bertz CT molecular complexity index is 745. The van der Waals surface area contributed by atoms with Crippen molar-refractivity contribution in [1.82, 2.24) is 15.6 Å². The largest absolute Gasteiger partial charge is 0.459 e. The summed E-state index contributed by atoms with van der Waals surface area (Å²) < 4.78 is 4.97. The molecule has 0 aliphatic rings. The number of nitrogens with one attached hydrogen (secondary N) is 2. The molecule has 0 atom stereocenters. The van der Waals surface area contributed by atoms with E-state index in [1.54, 1.807) is 18.3 Å². The SMILES string of the molecule is O=C(NN=Cc1cn[nH]c1-c1ccccc1)c1ccco1. The van der Waals surface area contributed by atoms with E-state index in [-0.39, 0.29) is 5.76 Å². The Hall–Kier alpha value is -3.15. The van der Waals surface area contributed by atoms with E-state index < -0.39 is 5.91 Å². The average molecular weight is 280 g/mol. The van der Waals surface area contributed by atoms with Crippen molar-refractivity contribution in [3.05, 3.63) is 66.2 Å². The molecule has 6 nitrogen and oxygen atoms in total. The third-order valence-corrected chi connectivity index (χ3v) is 2.85. The first-order valence-electron chi connectivity index (χ1n) is 6.30. The van der Waals surface area contributed by atoms with E-state index in [1.807, 2.05) is 30.3 Å². The summed E-state index contributed by atoms with van der Waals surface area (Å²) >= 11 is 0. The van der Waals surface area contributed by atoms with Crippen LogP contribution >= 0.6 is 0 Å². The number of nitrogens with zero attached hydrogens (tertiary/aromatic N) is 2. The van der Waals surface area contributed by atoms with Gasteiger partial charge in [0.25, 0.3) is 0 Å². The number of furan rings is 1. The van der Waals surface area contributed by atoms with Gasteiger partial charge in [-0.3, -0.25) is 9.89 Å². The van der Waals surface area contributed by atoms with Gasteiger partial charge in [0.1, 0.15) is 0 Å². The summed E-state index contributed by atoms with van der Waals surface area (Å²) in [5, 5.41) is 10.8. The lowest BCUT2D eigenvalue weighted by Gasteiger charge is -1.99. The second-order valence-corrected chi connectivity index (χ2v) is 4.24. The number of hydrazone groups is 1. The summed E-state index contributed by atoms with van der Waals surface area (Å²) in [5.41, 5.74) is 5.01. The molecule has 3 rings (SSSR count). The van der Waals surface area contributed by atoms with Gasteiger partial charge in [-0.25, -0.2) is 5.43 Å². The van der Waals surface area contributed by atoms with Crippen LogP contribution in [0.2, 0.25) is 0 Å². The molecule has 2 heterocycles. The summed E-state index contributed by atoms with van der Waals surface area (Å²) in [4.78, 5) is 11.6. The maximum atomic E-state index is 11.6. The first kappa shape index (κ1) is 12.9. The number of H-pyrrole nitrogens is 1. The molecule has 2 aromatic heterocycles. The molecule has 0 radical (unpaired) electrons. The molecule has 0 fully saturated rings. The Morgan fingerprint density at radius 2 is 2.10 bits per heavy atom. The smallest absolute Gasteiger partial charge is 0.307 e. The second-order valence-electron chi connectivity index (χ2n) is 4.24. The summed E-state index contributed by atoms with van der Waals surface area (Å²) in [6.45, 7) is 0. The molecule has 2 N–H and O–H groups in total. The molecule has 0 bridgehead atoms. The highest BCUT2D eigenvalue weighted by atomic mass is 16.3. The molecule has 104 valence electrons. The van der Waals surface area contributed by atoms with E-state index >= 15 is 0 Å². The lowest BCUT2D eigenvalue weighted by molar-refractivity contribution is 0.0927. The third-order valence-electron chi connectivity index (χ3n) is 2.85. The first-order valence-corrected chi connectivity index (χ1v) is 6.30. The van der Waals surface area contributed by atoms with E-state index in [1.165, 1.54) is 12.5 Å². The zero-order valence-corrected chi connectivity index (χ0v) is 11.0. The van der Waals surface area contributed by atoms with Gasteiger partial charge < -0.3 is 4.42 Å². The summed E-state index contributed by atoms with van der Waals surface area (Å²) in [6.07, 6.45) is 4.61. The van der Waals surface area contributed by atoms with Crippen LogP contribution in [0.25, 0.3) is 11.3 Å². The predicted octanol–water partition coefficient (Wildman–Crippen LogP) is 2.43. The highest BCUT2D eigenvalue weighted by Crippen LogP contribution is 2.18. The van der Waals surface area contributed by atoms with Gasteiger partial charge in [-0.2, -0.15) is 10.2 Å². The monoisotopic (exact) mass is 280 g/mol. The maximum absolute atomic E-state index is 11.6. The maximum Gasteiger partial charge on any atom is 0.307 e. The van der Waals surface area contributed by atoms with E-state index in [0.717, 1.165) is 16.8 Å². The molecule has 0 spiro atoms. The Morgan fingerprint density at radius 3 is 2.86 bits per heavy atom. The Labute approximate surface area is 120 Å². The van der Waals surface area contributed by atoms with Crippen molar-refractivity contribution in [2.45, 2.75) is 0 Å². The van der Waals surface area contributed by atoms with Gasteiger partial charge >= 0.3 is 5.91 Å². The van der Waals surface area contributed by atoms with E-state index in [9.17, 15) is 4.79 Å². The second kappa shape index (κ2) is 5.87. The molecule has 3 aromatic rings. The van der Waals surface area contributed by atoms with Crippen LogP contribution in [-0.4, -0.2) is 22.3 Å². The number of aromatic amines is 1. The van der Waals surface area contributed by atoms with Gasteiger partial charge in [0.2, 0.25) is 0 Å². The standard InChI is InChI=1S/C15H12N4O2/c20-15(13-7-4-8-21-13)19-17-10-12-9-16-18-14(12)11-5-2-1-3-6-11/h1-10H,(H,16,18)(H,19,20). The van der Waals surface area contributed by atoms with Crippen LogP contribution in [0.5, 0.6) is 0 Å². The molecule has 0 saturated carbocycles. The number of rotatable bonds is 4. The van der Waals surface area contributed by atoms with Gasteiger partial charge in [0.05, 0.1) is 24.4 Å². The zero-order valence-electron chi connectivity index (χ0n) is 11.0. The molecule has 0 aliphatic carbocycles. The van der Waals surface area contributed by atoms with Crippen LogP contribution in [0.1, 0.15) is 16.1 Å². The van der Waals surface area contributed by atoms with Crippen LogP contribution in [0.3, 0.4) is 0 Å². The summed E-state index contributed by atoms with van der Waals surface area (Å²) in [7, 11) is 0. The molecule has 0 unspecified atom stereocenters. The molecular formula is C15H12N4O2. The Morgan fingerprint density at radius 1 is 1.24 bits per heavy atom. The Kier molecular flexibility index (Phi) is 3.60. The topological polar surface area (TPSA) is 83.3 Å². The van der Waals surface area contributed by atoms with Crippen molar-refractivity contribution in [2.24, 2.45) is 5.10 Å². The number of carbonyl (C=O) groups excluding carboxylic acids is 1. The highest BCUT2D eigenvalue weighted by molar-refractivity contribution is 5.93. The summed E-state index contributed by atoms with van der Waals surface area (Å²) in [5.74, 6) is -0.191. The van der Waals surface area contributed by atoms with Crippen molar-refractivity contribution in [3.63, 3.8) is 0 Å². The number of amides is 1. The van der Waals surface area contributed by atoms with Gasteiger partial charge in [0, 0.05) is 11.1 Å². The summed E-state index contributed by atoms with van der Waals surface area (Å²) in [6, 6.07) is 13.0. The Balaban J connectivity index is 1.73. The van der Waals surface area contributed by atoms with Gasteiger partial charge in [0.15, 0.2) is 5.76 Å². The highest BCUT2D eigenvalue weighted by Gasteiger charge is 2.07. The molecule has 6 heteroatoms. The van der Waals surface area contributed by atoms with E-state index in [0.29, 0.717) is 0 Å². The molecule has 1 aromatic carbocycles. The third kappa shape index (κ3) is 2.89. The quantitative estimate of drug-likeness (QED) is 0.568. The van der Waals surface area contributed by atoms with Crippen LogP contribution in [0.15, 0.2) is 64.4 Å². The first-order chi connectivity index (χ1) is 10.3. The van der Waals surface area contributed by atoms with E-state index in [2.05, 4.69) is 20.7 Å². The van der Waals surface area contributed by atoms with Crippen LogP contribution in [-0.2, 0) is 0 Å². The molecule has 1 amide bonds. The van der Waals surface area contributed by atoms with Crippen LogP contribution in [0, 0.1) is 0 Å². The lowest BCUT2D eigenvalue weighted by Crippen LogP contribution is -2.16. The molecule has 21 heavy (non-hydrogen) atoms. The molecule has 0 aliphatic heterocycles. The van der Waals surface area contributed by atoms with Crippen molar-refractivity contribution >= 4 is 12.1 Å². The molecular weight excluding hydrogens is 268 g/mol. The zero-order chi connectivity index (χ0) is 14.5. The fraction of sp³-hybridized carbons (Fsp3) is 0. The van der Waals surface area contributed by atoms with Crippen LogP contribution in [0.4, 0.5) is 0 Å². The minimum absolute atomic E-state index is 0.211. The molecule has 0 saturated heterocycles. The lowest BCUT2D eigenvalue weighted by atomic mass is 10.1. The van der Waals surface area contributed by atoms with Gasteiger partial charge in [-0.15, -0.1) is 0 Å². The van der Waals surface area contributed by atoms with Crippen molar-refractivity contribution in [3.8, 4) is 11.3 Å². The van der Waals surface area contributed by atoms with Crippen molar-refractivity contribution < 1.29 is 9.21 Å². The predicted molar refractivity (Wildman–Crippen MR) is 77.8 cm³/mol. The fourth-order valence-electron chi connectivity index (χ4n) is 1.85. The van der Waals surface area contributed by atoms with Crippen molar-refractivity contribution in [1.29, 1.82) is 0 Å². The number of aromatic nitrogens is 2. The van der Waals surface area contributed by atoms with Gasteiger partial charge in [-0.1, -0.05) is 30.3 Å². The van der Waals surface area contributed by atoms with Crippen molar-refractivity contribution in [2.75, 3.05) is 0 Å². The minimum atomic E-state index is -0.402. The minimum Gasteiger partial charge on any atom is -0.459 e.